The average molecular weight is 805 g/mol. The Balaban J connectivity index is 1.40. The van der Waals surface area contributed by atoms with E-state index in [1.807, 2.05) is 71.9 Å². The number of fused-ring (bicyclic) bond motifs is 6. The zero-order chi connectivity index (χ0) is 40.4. The summed E-state index contributed by atoms with van der Waals surface area (Å²) in [5.74, 6) is -0.904. The molecule has 0 fully saturated rings. The first-order valence-electron chi connectivity index (χ1n) is 19.3. The van der Waals surface area contributed by atoms with Crippen molar-refractivity contribution in [3.8, 4) is 0 Å². The van der Waals surface area contributed by atoms with E-state index in [4.69, 9.17) is 24.4 Å². The minimum Gasteiger partial charge on any atom is -0.474 e. The Morgan fingerprint density at radius 1 is 0.714 bits per heavy atom. The van der Waals surface area contributed by atoms with Crippen molar-refractivity contribution in [3.05, 3.63) is 67.1 Å². The lowest BCUT2D eigenvalue weighted by molar-refractivity contribution is -0.125. The highest BCUT2D eigenvalue weighted by molar-refractivity contribution is 7.12. The van der Waals surface area contributed by atoms with Gasteiger partial charge in [0.1, 0.15) is 45.7 Å². The number of aromatic nitrogens is 2. The van der Waals surface area contributed by atoms with Gasteiger partial charge in [0.2, 0.25) is 23.6 Å². The van der Waals surface area contributed by atoms with Gasteiger partial charge in [-0.25, -0.2) is 20.0 Å². The Kier molecular flexibility index (Phi) is 12.6. The smallest absolute Gasteiger partial charge is 0.271 e. The van der Waals surface area contributed by atoms with Crippen LogP contribution in [0.5, 0.6) is 0 Å². The van der Waals surface area contributed by atoms with Crippen molar-refractivity contribution < 1.29 is 28.7 Å². The Bertz CT molecular complexity index is 2010. The first-order chi connectivity index (χ1) is 26.6. The van der Waals surface area contributed by atoms with Crippen LogP contribution in [0.3, 0.4) is 0 Å². The maximum Gasteiger partial charge on any atom is 0.271 e. The van der Waals surface area contributed by atoms with E-state index in [0.29, 0.717) is 39.0 Å². The summed E-state index contributed by atoms with van der Waals surface area (Å²) in [5.41, 5.74) is 1.44. The fourth-order valence-corrected chi connectivity index (χ4v) is 8.88. The van der Waals surface area contributed by atoms with Crippen molar-refractivity contribution in [2.24, 2.45) is 21.8 Å². The summed E-state index contributed by atoms with van der Waals surface area (Å²) in [5, 5.41) is 13.5. The monoisotopic (exact) mass is 804 g/mol. The minimum absolute atomic E-state index is 0.0863. The summed E-state index contributed by atoms with van der Waals surface area (Å²) in [4.78, 5) is 76.0. The number of carbonyl (C=O) groups is 4. The lowest BCUT2D eigenvalue weighted by Gasteiger charge is -2.24. The van der Waals surface area contributed by atoms with Gasteiger partial charge in [-0.05, 0) is 64.9 Å². The van der Waals surface area contributed by atoms with Gasteiger partial charge in [-0.3, -0.25) is 19.2 Å². The van der Waals surface area contributed by atoms with Crippen LogP contribution >= 0.6 is 22.7 Å². The summed E-state index contributed by atoms with van der Waals surface area (Å²) >= 11 is 2.66. The normalized spacial score (nSPS) is 27.8. The molecule has 5 heterocycles. The van der Waals surface area contributed by atoms with Gasteiger partial charge in [-0.15, -0.1) is 22.7 Å². The molecule has 3 aromatic rings. The number of amides is 4. The van der Waals surface area contributed by atoms with Gasteiger partial charge in [0.15, 0.2) is 12.1 Å². The summed E-state index contributed by atoms with van der Waals surface area (Å²) in [6.45, 7) is 17.1. The van der Waals surface area contributed by atoms with Crippen molar-refractivity contribution in [2.45, 2.75) is 130 Å². The van der Waals surface area contributed by atoms with Crippen molar-refractivity contribution in [2.75, 3.05) is 0 Å². The third-order valence-corrected chi connectivity index (χ3v) is 12.6. The predicted octanol–water partition coefficient (Wildman–Crippen LogP) is 5.17. The lowest BCUT2D eigenvalue weighted by Crippen LogP contribution is -2.46. The molecule has 14 nitrogen and oxygen atoms in total. The largest absolute Gasteiger partial charge is 0.474 e. The molecule has 3 aliphatic heterocycles. The van der Waals surface area contributed by atoms with E-state index in [9.17, 15) is 19.2 Å². The number of nitrogens with one attached hydrogen (secondary N) is 4. The van der Waals surface area contributed by atoms with Crippen molar-refractivity contribution in [1.29, 1.82) is 0 Å². The lowest BCUT2D eigenvalue weighted by atomic mass is 9.98. The number of thiazole rings is 2. The molecule has 9 atom stereocenters. The van der Waals surface area contributed by atoms with Gasteiger partial charge < -0.3 is 30.7 Å². The number of hydrogen-bond acceptors (Lipinski definition) is 12. The third-order valence-electron chi connectivity index (χ3n) is 10.3. The van der Waals surface area contributed by atoms with E-state index >= 15 is 0 Å². The number of ether oxygens (including phenoxy) is 2. The highest BCUT2D eigenvalue weighted by Crippen LogP contribution is 2.30. The van der Waals surface area contributed by atoms with Crippen LogP contribution in [0.1, 0.15) is 120 Å². The van der Waals surface area contributed by atoms with Gasteiger partial charge >= 0.3 is 0 Å². The maximum absolute atomic E-state index is 14.1. The Hall–Kier alpha value is -4.70. The number of benzene rings is 1. The van der Waals surface area contributed by atoms with Crippen LogP contribution in [0, 0.1) is 25.7 Å². The summed E-state index contributed by atoms with van der Waals surface area (Å²) < 4.78 is 12.4. The first-order valence-corrected chi connectivity index (χ1v) is 21.0. The van der Waals surface area contributed by atoms with Gasteiger partial charge in [0, 0.05) is 9.75 Å². The van der Waals surface area contributed by atoms with Crippen molar-refractivity contribution in [3.63, 3.8) is 0 Å². The highest BCUT2D eigenvalue weighted by atomic mass is 32.1. The molecule has 4 amide bonds. The Labute approximate surface area is 335 Å². The van der Waals surface area contributed by atoms with E-state index in [0.717, 1.165) is 5.56 Å². The molecule has 4 N–H and O–H groups in total. The molecule has 16 heteroatoms. The van der Waals surface area contributed by atoms with Crippen LogP contribution < -0.4 is 21.3 Å². The van der Waals surface area contributed by atoms with Crippen LogP contribution in [0.25, 0.3) is 0 Å². The van der Waals surface area contributed by atoms with E-state index in [2.05, 4.69) is 26.3 Å². The molecule has 56 heavy (non-hydrogen) atoms. The molecule has 0 spiro atoms. The van der Waals surface area contributed by atoms with E-state index in [1.54, 1.807) is 20.8 Å². The zero-order valence-electron chi connectivity index (χ0n) is 33.3. The predicted molar refractivity (Wildman–Crippen MR) is 216 cm³/mol. The molecule has 2 unspecified atom stereocenters. The number of aliphatic imine (C=N–C) groups is 2. The molecule has 3 aliphatic rings. The summed E-state index contributed by atoms with van der Waals surface area (Å²) in [6, 6.07) is 5.62. The topological polar surface area (TPSA) is 185 Å². The first kappa shape index (κ1) is 40.9. The van der Waals surface area contributed by atoms with E-state index in [-0.39, 0.29) is 46.8 Å². The Morgan fingerprint density at radius 3 is 1.89 bits per heavy atom. The van der Waals surface area contributed by atoms with E-state index in [1.165, 1.54) is 22.7 Å². The number of carbonyl (C=O) groups excluding carboxylic acids is 4. The van der Waals surface area contributed by atoms with E-state index < -0.39 is 60.3 Å². The number of hydrogen-bond donors (Lipinski definition) is 4. The van der Waals surface area contributed by atoms with Crippen LogP contribution in [0.15, 0.2) is 40.3 Å². The quantitative estimate of drug-likeness (QED) is 0.263. The molecule has 6 rings (SSSR count). The van der Waals surface area contributed by atoms with Crippen LogP contribution in [-0.2, 0) is 25.5 Å². The molecule has 300 valence electrons. The zero-order valence-corrected chi connectivity index (χ0v) is 35.0. The van der Waals surface area contributed by atoms with Gasteiger partial charge in [-0.2, -0.15) is 0 Å². The highest BCUT2D eigenvalue weighted by Gasteiger charge is 2.41. The van der Waals surface area contributed by atoms with Crippen molar-refractivity contribution >= 4 is 58.1 Å². The molecule has 0 saturated carbocycles. The van der Waals surface area contributed by atoms with Crippen molar-refractivity contribution in [1.82, 2.24) is 31.2 Å². The summed E-state index contributed by atoms with van der Waals surface area (Å²) in [6.07, 6.45) is 0.426. The second-order valence-electron chi connectivity index (χ2n) is 15.4. The number of nitrogens with zero attached hydrogens (tertiary/aromatic N) is 4. The molecule has 2 aromatic heterocycles. The number of rotatable bonds is 6. The Morgan fingerprint density at radius 2 is 1.27 bits per heavy atom. The molecular formula is C40H52N8O6S2. The average Bonchev–Trinajstić information content (AvgIpc) is 3.94. The molecule has 0 aliphatic carbocycles. The van der Waals surface area contributed by atoms with Gasteiger partial charge in [0.05, 0.1) is 12.1 Å². The van der Waals surface area contributed by atoms with Gasteiger partial charge in [-0.1, -0.05) is 64.4 Å². The van der Waals surface area contributed by atoms with Crippen LogP contribution in [0.2, 0.25) is 0 Å². The SMILES string of the molecule is CC[C@H](C)[C@@H]1NC(=O)c2nc(sc2C)[C@@H](C)NC(=O)C2N=C(O[C@@H]2C)[C@H](CC(C)C)NC(=O)c2nc(sc2C)[C@@H](Cc2ccccc2)NC(=O)C2N=C1O[C@@H]2C. The summed E-state index contributed by atoms with van der Waals surface area (Å²) in [7, 11) is 0. The molecule has 1 aromatic carbocycles. The molecular weight excluding hydrogens is 753 g/mol. The second kappa shape index (κ2) is 17.2. The minimum atomic E-state index is -0.895. The molecule has 8 bridgehead atoms. The third kappa shape index (κ3) is 8.96. The fourth-order valence-electron chi connectivity index (χ4n) is 6.99. The fraction of sp³-hybridized carbons (Fsp3) is 0.550. The standard InChI is InChI=1S/C40H52N8O6S2/c1-10-19(4)28-38-46-30(22(7)54-38)34(50)43-27(17-25-14-12-11-13-15-25)40-48-31(24(9)56-40)35(51)42-26(16-18(2)3)37-45-29(21(6)53-37)33(49)41-20(5)39-47-32(23(8)55-39)36(52)44-28/h11-15,18-22,26-30H,10,16-17H2,1-9H3,(H,41,49)(H,42,51)(H,43,50)(H,44,52)/t19-,20+,21+,22+,26-,27+,28-,29?,30?/m0/s1. The molecule has 0 radical (unpaired) electrons. The van der Waals surface area contributed by atoms with Crippen LogP contribution in [0.4, 0.5) is 0 Å². The second-order valence-corrected chi connectivity index (χ2v) is 17.8. The molecule has 0 saturated heterocycles. The number of aryl methyl sites for hydroxylation is 2. The van der Waals surface area contributed by atoms with Crippen LogP contribution in [-0.4, -0.2) is 81.8 Å². The maximum atomic E-state index is 14.1. The van der Waals surface area contributed by atoms with Gasteiger partial charge in [0.25, 0.3) is 11.8 Å².